The van der Waals surface area contributed by atoms with Crippen molar-refractivity contribution in [2.75, 3.05) is 42.9 Å². The third kappa shape index (κ3) is 8.64. The largest absolute Gasteiger partial charge is 0.398 e. The van der Waals surface area contributed by atoms with Gasteiger partial charge in [-0.2, -0.15) is 0 Å². The maximum Gasteiger partial charge on any atom is 0.254 e. The highest BCUT2D eigenvalue weighted by Crippen LogP contribution is 2.28. The number of carbonyl (C=O) groups excluding carboxylic acids is 3. The Morgan fingerprint density at radius 3 is 2.18 bits per heavy atom. The van der Waals surface area contributed by atoms with Gasteiger partial charge in [0.15, 0.2) is 0 Å². The van der Waals surface area contributed by atoms with Crippen LogP contribution in [0.25, 0.3) is 0 Å². The molecule has 1 unspecified atom stereocenters. The van der Waals surface area contributed by atoms with E-state index in [1.54, 1.807) is 23.1 Å². The smallest absolute Gasteiger partial charge is 0.254 e. The molecule has 1 aliphatic heterocycles. The summed E-state index contributed by atoms with van der Waals surface area (Å²) >= 11 is 0. The first-order chi connectivity index (χ1) is 18.7. The third-order valence-electron chi connectivity index (χ3n) is 5.97. The van der Waals surface area contributed by atoms with Crippen LogP contribution in [0.4, 0.5) is 20.2 Å². The van der Waals surface area contributed by atoms with Gasteiger partial charge in [0, 0.05) is 39.1 Å². The van der Waals surface area contributed by atoms with Crippen molar-refractivity contribution >= 4 is 36.9 Å². The summed E-state index contributed by atoms with van der Waals surface area (Å²) in [6.07, 6.45) is 0. The van der Waals surface area contributed by atoms with Gasteiger partial charge in [0.2, 0.25) is 11.8 Å². The number of hydrogen-bond donors (Lipinski definition) is 3. The molecule has 39 heavy (non-hydrogen) atoms. The summed E-state index contributed by atoms with van der Waals surface area (Å²) in [6.45, 7) is 3.24. The second-order valence-corrected chi connectivity index (χ2v) is 8.72. The van der Waals surface area contributed by atoms with E-state index in [0.29, 0.717) is 31.9 Å². The van der Waals surface area contributed by atoms with Crippen molar-refractivity contribution in [3.05, 3.63) is 95.6 Å². The average Bonchev–Trinajstić information content (AvgIpc) is 2.93. The van der Waals surface area contributed by atoms with E-state index in [9.17, 15) is 23.2 Å². The van der Waals surface area contributed by atoms with Crippen molar-refractivity contribution in [3.63, 3.8) is 0 Å². The molecule has 1 fully saturated rings. The van der Waals surface area contributed by atoms with Gasteiger partial charge in [-0.3, -0.25) is 14.4 Å². The Morgan fingerprint density at radius 2 is 1.59 bits per heavy atom. The first-order valence-corrected chi connectivity index (χ1v) is 12.3. The fourth-order valence-electron chi connectivity index (χ4n) is 3.89. The minimum atomic E-state index is -0.841. The molecule has 1 heterocycles. The molecule has 0 bridgehead atoms. The van der Waals surface area contributed by atoms with E-state index in [1.165, 1.54) is 37.3 Å². The molecule has 0 spiro atoms. The molecule has 1 saturated heterocycles. The lowest BCUT2D eigenvalue weighted by atomic mass is 9.93. The van der Waals surface area contributed by atoms with Crippen LogP contribution >= 0.6 is 0 Å². The minimum absolute atomic E-state index is 0.00660. The number of nitrogens with one attached hydrogen (secondary N) is 2. The standard InChI is InChI=1S/C21H22F2N4O3.C7H7BO/c1-14(28)26-8-10-27(11-9-26)19-7-6-15(22)12-18(19)25-20(29)13-24-21(30)16-4-2-3-5-17(16)23;8-7(9)6-4-2-1-3-5-6/h2-7,12H,8-11,13H2,1H3,(H,24,30)(H,25,29);1-5,7,9H. The molecular weight excluding hydrogens is 505 g/mol. The van der Waals surface area contributed by atoms with Crippen LogP contribution in [-0.2, 0) is 9.59 Å². The van der Waals surface area contributed by atoms with Crippen molar-refractivity contribution in [1.82, 2.24) is 10.2 Å². The van der Waals surface area contributed by atoms with E-state index >= 15 is 0 Å². The van der Waals surface area contributed by atoms with E-state index < -0.39 is 36.0 Å². The molecule has 202 valence electrons. The van der Waals surface area contributed by atoms with Gasteiger partial charge in [-0.25, -0.2) is 8.78 Å². The summed E-state index contributed by atoms with van der Waals surface area (Å²) in [4.78, 5) is 39.5. The van der Waals surface area contributed by atoms with E-state index in [2.05, 4.69) is 10.6 Å². The number of amides is 3. The number of halogens is 2. The van der Waals surface area contributed by atoms with Crippen LogP contribution in [0, 0.1) is 11.6 Å². The first kappa shape index (κ1) is 29.3. The van der Waals surface area contributed by atoms with Crippen LogP contribution < -0.4 is 15.5 Å². The second-order valence-electron chi connectivity index (χ2n) is 8.72. The lowest BCUT2D eigenvalue weighted by Gasteiger charge is -2.36. The van der Waals surface area contributed by atoms with Gasteiger partial charge in [0.25, 0.3) is 5.91 Å². The Hall–Kier alpha value is -4.25. The number of benzene rings is 3. The lowest BCUT2D eigenvalue weighted by Crippen LogP contribution is -2.48. The molecule has 0 saturated carbocycles. The SMILES string of the molecule is CC(=O)N1CCN(c2ccc(F)cc2NC(=O)CNC(=O)c2ccccc2F)CC1.[B]C(O)c1ccccc1. The number of aliphatic hydroxyl groups excluding tert-OH is 1. The fraction of sp³-hybridized carbons (Fsp3) is 0.250. The normalized spacial score (nSPS) is 13.5. The predicted molar refractivity (Wildman–Crippen MR) is 145 cm³/mol. The van der Waals surface area contributed by atoms with Gasteiger partial charge in [-0.1, -0.05) is 42.5 Å². The topological polar surface area (TPSA) is 102 Å². The number of aliphatic hydroxyl groups is 1. The van der Waals surface area contributed by atoms with Gasteiger partial charge in [0.1, 0.15) is 19.5 Å². The molecule has 1 aliphatic rings. The van der Waals surface area contributed by atoms with Crippen LogP contribution in [0.2, 0.25) is 0 Å². The van der Waals surface area contributed by atoms with Gasteiger partial charge in [-0.15, -0.1) is 0 Å². The number of anilines is 2. The summed E-state index contributed by atoms with van der Waals surface area (Å²) in [5.41, 5.74) is 1.46. The predicted octanol–water partition coefficient (Wildman–Crippen LogP) is 2.85. The van der Waals surface area contributed by atoms with Gasteiger partial charge in [0.05, 0.1) is 23.5 Å². The lowest BCUT2D eigenvalue weighted by molar-refractivity contribution is -0.129. The molecule has 0 aromatic heterocycles. The zero-order valence-corrected chi connectivity index (χ0v) is 21.4. The molecule has 11 heteroatoms. The maximum atomic E-state index is 13.8. The number of carbonyl (C=O) groups is 3. The Labute approximate surface area is 227 Å². The van der Waals surface area contributed by atoms with E-state index in [1.807, 2.05) is 23.1 Å². The number of rotatable bonds is 6. The summed E-state index contributed by atoms with van der Waals surface area (Å²) < 4.78 is 27.4. The van der Waals surface area contributed by atoms with Crippen LogP contribution in [0.1, 0.15) is 28.8 Å². The van der Waals surface area contributed by atoms with Crippen molar-refractivity contribution in [2.45, 2.75) is 12.9 Å². The Kier molecular flexibility index (Phi) is 10.6. The van der Waals surface area contributed by atoms with Gasteiger partial charge >= 0.3 is 0 Å². The Morgan fingerprint density at radius 1 is 0.949 bits per heavy atom. The number of piperazine rings is 1. The van der Waals surface area contributed by atoms with Gasteiger partial charge < -0.3 is 25.5 Å². The summed E-state index contributed by atoms with van der Waals surface area (Å²) in [5.74, 6) is -2.51. The average molecular weight is 534 g/mol. The van der Waals surface area contributed by atoms with Crippen LogP contribution in [0.5, 0.6) is 0 Å². The number of nitrogens with zero attached hydrogens (tertiary/aromatic N) is 2. The quantitative estimate of drug-likeness (QED) is 0.423. The molecule has 8 nitrogen and oxygen atoms in total. The van der Waals surface area contributed by atoms with E-state index in [-0.39, 0.29) is 17.2 Å². The maximum absolute atomic E-state index is 13.8. The second kappa shape index (κ2) is 14.1. The molecule has 4 rings (SSSR count). The zero-order valence-electron chi connectivity index (χ0n) is 21.4. The first-order valence-electron chi connectivity index (χ1n) is 12.3. The Balaban J connectivity index is 0.000000395. The van der Waals surface area contributed by atoms with E-state index in [4.69, 9.17) is 13.0 Å². The van der Waals surface area contributed by atoms with E-state index in [0.717, 1.165) is 11.6 Å². The molecule has 0 aliphatic carbocycles. The van der Waals surface area contributed by atoms with Crippen LogP contribution in [0.15, 0.2) is 72.8 Å². The Bertz CT molecular complexity index is 1290. The summed E-state index contributed by atoms with van der Waals surface area (Å²) in [7, 11) is 5.17. The summed E-state index contributed by atoms with van der Waals surface area (Å²) in [5, 5.41) is 13.7. The molecule has 3 aromatic carbocycles. The highest BCUT2D eigenvalue weighted by Gasteiger charge is 2.22. The monoisotopic (exact) mass is 534 g/mol. The fourth-order valence-corrected chi connectivity index (χ4v) is 3.89. The van der Waals surface area contributed by atoms with Crippen molar-refractivity contribution in [3.8, 4) is 0 Å². The van der Waals surface area contributed by atoms with Crippen molar-refractivity contribution in [2.24, 2.45) is 0 Å². The highest BCUT2D eigenvalue weighted by atomic mass is 19.1. The van der Waals surface area contributed by atoms with Crippen LogP contribution in [-0.4, -0.2) is 68.3 Å². The third-order valence-corrected chi connectivity index (χ3v) is 5.97. The molecule has 3 N–H and O–H groups in total. The number of hydrogen-bond acceptors (Lipinski definition) is 5. The molecule has 3 aromatic rings. The molecular formula is C28H29BF2N4O4. The molecule has 2 radical (unpaired) electrons. The van der Waals surface area contributed by atoms with Crippen LogP contribution in [0.3, 0.4) is 0 Å². The molecule has 3 amide bonds. The minimum Gasteiger partial charge on any atom is -0.398 e. The highest BCUT2D eigenvalue weighted by molar-refractivity contribution is 6.11. The van der Waals surface area contributed by atoms with Crippen molar-refractivity contribution < 1.29 is 28.3 Å². The van der Waals surface area contributed by atoms with Gasteiger partial charge in [-0.05, 0) is 35.9 Å². The molecule has 1 atom stereocenters. The summed E-state index contributed by atoms with van der Waals surface area (Å²) in [6, 6.07) is 17.8. The van der Waals surface area contributed by atoms with Crippen molar-refractivity contribution in [1.29, 1.82) is 0 Å². The zero-order chi connectivity index (χ0) is 28.4.